The first-order chi connectivity index (χ1) is 16.2. The summed E-state index contributed by atoms with van der Waals surface area (Å²) in [6, 6.07) is 2.68. The Hall–Kier alpha value is -3.24. The first kappa shape index (κ1) is 28.0. The fourth-order valence-electron chi connectivity index (χ4n) is 3.22. The number of methoxy groups -OCH3 is 2. The summed E-state index contributed by atoms with van der Waals surface area (Å²) in [5.41, 5.74) is -0.584. The van der Waals surface area contributed by atoms with Crippen molar-refractivity contribution in [2.45, 2.75) is 59.4 Å². The van der Waals surface area contributed by atoms with Gasteiger partial charge < -0.3 is 34.0 Å². The fraction of sp³-hybridized carbons (Fsp3) is 0.625. The Labute approximate surface area is 205 Å². The second kappa shape index (κ2) is 11.5. The summed E-state index contributed by atoms with van der Waals surface area (Å²) < 4.78 is 35.4. The molecule has 0 radical (unpaired) electrons. The average Bonchev–Trinajstić information content (AvgIpc) is 3.14. The molecule has 1 atom stereocenters. The summed E-state index contributed by atoms with van der Waals surface area (Å²) in [5, 5.41) is 6.85. The highest BCUT2D eigenvalue weighted by Crippen LogP contribution is 2.30. The van der Waals surface area contributed by atoms with Crippen LogP contribution in [0.15, 0.2) is 17.3 Å². The SMILES string of the molecule is COc1cc(F)c(CO/N=C2\CN(C(=O)OC(C)(C)C)CC2CNC(=O)OC(C)(C)C)cc1OC. The maximum absolute atomic E-state index is 14.4. The molecule has 1 aliphatic rings. The molecule has 1 heterocycles. The van der Waals surface area contributed by atoms with E-state index in [1.807, 2.05) is 0 Å². The van der Waals surface area contributed by atoms with E-state index in [9.17, 15) is 14.0 Å². The second-order valence-electron chi connectivity index (χ2n) is 10.1. The molecule has 1 aliphatic heterocycles. The third kappa shape index (κ3) is 8.80. The summed E-state index contributed by atoms with van der Waals surface area (Å²) in [6.07, 6.45) is -1.09. The van der Waals surface area contributed by atoms with Crippen molar-refractivity contribution in [2.24, 2.45) is 11.1 Å². The lowest BCUT2D eigenvalue weighted by atomic mass is 10.1. The van der Waals surface area contributed by atoms with Crippen LogP contribution in [0.5, 0.6) is 11.5 Å². The highest BCUT2D eigenvalue weighted by Gasteiger charge is 2.35. The number of carbonyl (C=O) groups excluding carboxylic acids is 2. The van der Waals surface area contributed by atoms with Crippen molar-refractivity contribution in [3.63, 3.8) is 0 Å². The van der Waals surface area contributed by atoms with Crippen LogP contribution in [0.1, 0.15) is 47.1 Å². The minimum atomic E-state index is -0.664. The molecule has 0 bridgehead atoms. The van der Waals surface area contributed by atoms with Crippen LogP contribution in [0.3, 0.4) is 0 Å². The van der Waals surface area contributed by atoms with E-state index in [0.29, 0.717) is 11.5 Å². The van der Waals surface area contributed by atoms with E-state index >= 15 is 0 Å². The number of oxime groups is 1. The number of hydrogen-bond donors (Lipinski definition) is 1. The molecule has 1 unspecified atom stereocenters. The summed E-state index contributed by atoms with van der Waals surface area (Å²) in [4.78, 5) is 31.6. The van der Waals surface area contributed by atoms with Crippen LogP contribution in [0.2, 0.25) is 0 Å². The number of nitrogens with one attached hydrogen (secondary N) is 1. The quantitative estimate of drug-likeness (QED) is 0.565. The van der Waals surface area contributed by atoms with Crippen molar-refractivity contribution in [1.29, 1.82) is 0 Å². The molecule has 1 aromatic carbocycles. The highest BCUT2D eigenvalue weighted by atomic mass is 19.1. The Bertz CT molecular complexity index is 938. The van der Waals surface area contributed by atoms with Gasteiger partial charge in [0.25, 0.3) is 0 Å². The highest BCUT2D eigenvalue weighted by molar-refractivity contribution is 5.94. The van der Waals surface area contributed by atoms with Gasteiger partial charge in [-0.15, -0.1) is 0 Å². The molecule has 1 fully saturated rings. The number of alkyl carbamates (subject to hydrolysis) is 1. The van der Waals surface area contributed by atoms with Crippen molar-refractivity contribution in [1.82, 2.24) is 10.2 Å². The normalized spacial score (nSPS) is 17.2. The molecule has 1 N–H and O–H groups in total. The van der Waals surface area contributed by atoms with Gasteiger partial charge in [-0.25, -0.2) is 14.0 Å². The van der Waals surface area contributed by atoms with E-state index in [1.54, 1.807) is 41.5 Å². The molecule has 0 aliphatic carbocycles. The molecule has 11 heteroatoms. The fourth-order valence-corrected chi connectivity index (χ4v) is 3.22. The third-order valence-corrected chi connectivity index (χ3v) is 4.76. The van der Waals surface area contributed by atoms with Gasteiger partial charge in [0.1, 0.15) is 23.6 Å². The summed E-state index contributed by atoms with van der Waals surface area (Å²) in [6.45, 7) is 11.0. The van der Waals surface area contributed by atoms with Crippen LogP contribution in [0.25, 0.3) is 0 Å². The van der Waals surface area contributed by atoms with Crippen LogP contribution in [0.4, 0.5) is 14.0 Å². The zero-order chi connectivity index (χ0) is 26.4. The van der Waals surface area contributed by atoms with Crippen LogP contribution in [-0.2, 0) is 20.9 Å². The van der Waals surface area contributed by atoms with Crippen LogP contribution < -0.4 is 14.8 Å². The predicted octanol–water partition coefficient (Wildman–Crippen LogP) is 4.11. The van der Waals surface area contributed by atoms with Gasteiger partial charge in [0, 0.05) is 30.6 Å². The summed E-state index contributed by atoms with van der Waals surface area (Å²) in [7, 11) is 2.87. The summed E-state index contributed by atoms with van der Waals surface area (Å²) >= 11 is 0. The Balaban J connectivity index is 2.13. The van der Waals surface area contributed by atoms with E-state index in [0.717, 1.165) is 0 Å². The third-order valence-electron chi connectivity index (χ3n) is 4.76. The summed E-state index contributed by atoms with van der Waals surface area (Å²) in [5.74, 6) is -0.258. The van der Waals surface area contributed by atoms with Crippen molar-refractivity contribution < 1.29 is 37.8 Å². The smallest absolute Gasteiger partial charge is 0.410 e. The van der Waals surface area contributed by atoms with Crippen LogP contribution in [-0.4, -0.2) is 67.9 Å². The maximum Gasteiger partial charge on any atom is 0.410 e. The van der Waals surface area contributed by atoms with Gasteiger partial charge in [0.2, 0.25) is 0 Å². The molecule has 2 amide bonds. The molecule has 10 nitrogen and oxygen atoms in total. The number of carbonyl (C=O) groups is 2. The lowest BCUT2D eigenvalue weighted by Crippen LogP contribution is -2.38. The Morgan fingerprint density at radius 2 is 1.66 bits per heavy atom. The van der Waals surface area contributed by atoms with Gasteiger partial charge in [-0.3, -0.25) is 0 Å². The van der Waals surface area contributed by atoms with E-state index in [4.69, 9.17) is 23.8 Å². The Kier molecular flexibility index (Phi) is 9.17. The second-order valence-corrected chi connectivity index (χ2v) is 10.1. The number of benzene rings is 1. The van der Waals surface area contributed by atoms with E-state index in [2.05, 4.69) is 10.5 Å². The van der Waals surface area contributed by atoms with Gasteiger partial charge in [-0.2, -0.15) is 0 Å². The molecule has 35 heavy (non-hydrogen) atoms. The number of rotatable bonds is 7. The average molecular weight is 498 g/mol. The molecular weight excluding hydrogens is 461 g/mol. The largest absolute Gasteiger partial charge is 0.493 e. The molecule has 0 spiro atoms. The number of halogens is 1. The minimum absolute atomic E-state index is 0.143. The molecule has 0 saturated carbocycles. The lowest BCUT2D eigenvalue weighted by molar-refractivity contribution is 0.0292. The van der Waals surface area contributed by atoms with Crippen molar-refractivity contribution in [2.75, 3.05) is 33.9 Å². The number of nitrogens with zero attached hydrogens (tertiary/aromatic N) is 2. The zero-order valence-electron chi connectivity index (χ0n) is 21.7. The van der Waals surface area contributed by atoms with Crippen molar-refractivity contribution in [3.8, 4) is 11.5 Å². The van der Waals surface area contributed by atoms with Crippen molar-refractivity contribution in [3.05, 3.63) is 23.5 Å². The minimum Gasteiger partial charge on any atom is -0.493 e. The van der Waals surface area contributed by atoms with Gasteiger partial charge in [0.15, 0.2) is 11.5 Å². The molecule has 0 aromatic heterocycles. The molecule has 2 rings (SSSR count). The Morgan fingerprint density at radius 1 is 1.06 bits per heavy atom. The molecule has 1 aromatic rings. The number of amides is 2. The van der Waals surface area contributed by atoms with Crippen LogP contribution in [0, 0.1) is 11.7 Å². The van der Waals surface area contributed by atoms with Gasteiger partial charge >= 0.3 is 12.2 Å². The zero-order valence-corrected chi connectivity index (χ0v) is 21.7. The monoisotopic (exact) mass is 497 g/mol. The van der Waals surface area contributed by atoms with E-state index in [-0.39, 0.29) is 43.5 Å². The van der Waals surface area contributed by atoms with Crippen LogP contribution >= 0.6 is 0 Å². The number of likely N-dealkylation sites (tertiary alicyclic amines) is 1. The van der Waals surface area contributed by atoms with E-state index in [1.165, 1.54) is 31.3 Å². The van der Waals surface area contributed by atoms with Crippen molar-refractivity contribution >= 4 is 17.9 Å². The van der Waals surface area contributed by atoms with Gasteiger partial charge in [0.05, 0.1) is 26.5 Å². The van der Waals surface area contributed by atoms with Gasteiger partial charge in [-0.1, -0.05) is 5.16 Å². The van der Waals surface area contributed by atoms with E-state index < -0.39 is 29.2 Å². The van der Waals surface area contributed by atoms with Gasteiger partial charge in [-0.05, 0) is 47.6 Å². The number of ether oxygens (including phenoxy) is 4. The first-order valence-corrected chi connectivity index (χ1v) is 11.3. The predicted molar refractivity (Wildman–Crippen MR) is 127 cm³/mol. The standard InChI is InChI=1S/C24H36FN3O7/c1-23(2,3)34-21(29)26-11-16-12-28(22(30)35-24(4,5)6)13-18(16)27-33-14-15-9-19(31-7)20(32-8)10-17(15)25/h9-10,16H,11-14H2,1-8H3,(H,26,29)/b27-18+. The topological polar surface area (TPSA) is 108 Å². The molecule has 196 valence electrons. The Morgan fingerprint density at radius 3 is 2.23 bits per heavy atom. The maximum atomic E-state index is 14.4. The lowest BCUT2D eigenvalue weighted by Gasteiger charge is -2.24. The molecular formula is C24H36FN3O7. The first-order valence-electron chi connectivity index (χ1n) is 11.3. The molecule has 1 saturated heterocycles. The number of hydrogen-bond acceptors (Lipinski definition) is 8.